The van der Waals surface area contributed by atoms with Crippen molar-refractivity contribution in [3.05, 3.63) is 39.9 Å². The highest BCUT2D eigenvalue weighted by molar-refractivity contribution is 7.17. The number of thiazole rings is 1. The molecule has 1 amide bonds. The number of hydrogen-bond acceptors (Lipinski definition) is 7. The van der Waals surface area contributed by atoms with Gasteiger partial charge in [0.25, 0.3) is 5.91 Å². The second-order valence-electron chi connectivity index (χ2n) is 6.35. The normalized spacial score (nSPS) is 15.0. The van der Waals surface area contributed by atoms with Crippen molar-refractivity contribution in [3.63, 3.8) is 0 Å². The molecule has 144 valence electrons. The molecule has 0 radical (unpaired) electrons. The Balaban J connectivity index is 1.74. The molecule has 0 unspecified atom stereocenters. The summed E-state index contributed by atoms with van der Waals surface area (Å²) in [5, 5.41) is 5.11. The molecule has 1 saturated heterocycles. The molecular formula is C19H24N4O3S. The van der Waals surface area contributed by atoms with E-state index in [2.05, 4.69) is 20.4 Å². The van der Waals surface area contributed by atoms with Crippen LogP contribution in [-0.4, -0.2) is 50.0 Å². The van der Waals surface area contributed by atoms with Gasteiger partial charge in [0.05, 0.1) is 31.7 Å². The average molecular weight is 388 g/mol. The number of rotatable bonds is 5. The number of amides is 1. The number of aromatic nitrogens is 1. The Hall–Kier alpha value is -2.45. The topological polar surface area (TPSA) is 76.0 Å². The number of morpholine rings is 1. The number of nitrogens with zero attached hydrogens (tertiary/aromatic N) is 3. The minimum atomic E-state index is -0.254. The molecule has 1 N–H and O–H groups in total. The summed E-state index contributed by atoms with van der Waals surface area (Å²) in [6.45, 7) is 8.63. The Morgan fingerprint density at radius 2 is 2.07 bits per heavy atom. The molecule has 1 aromatic heterocycles. The van der Waals surface area contributed by atoms with Gasteiger partial charge in [0, 0.05) is 18.7 Å². The van der Waals surface area contributed by atoms with E-state index in [1.54, 1.807) is 7.11 Å². The first-order valence-corrected chi connectivity index (χ1v) is 9.61. The van der Waals surface area contributed by atoms with E-state index in [-0.39, 0.29) is 5.91 Å². The Kier molecular flexibility index (Phi) is 6.08. The van der Waals surface area contributed by atoms with E-state index in [9.17, 15) is 4.79 Å². The molecule has 8 heteroatoms. The van der Waals surface area contributed by atoms with Gasteiger partial charge < -0.3 is 14.4 Å². The van der Waals surface area contributed by atoms with Gasteiger partial charge in [0.2, 0.25) is 0 Å². The summed E-state index contributed by atoms with van der Waals surface area (Å²) in [6, 6.07) is 5.85. The third-order valence-corrected chi connectivity index (χ3v) is 5.56. The maximum absolute atomic E-state index is 12.6. The summed E-state index contributed by atoms with van der Waals surface area (Å²) >= 11 is 1.38. The van der Waals surface area contributed by atoms with E-state index >= 15 is 0 Å². The zero-order chi connectivity index (χ0) is 19.4. The largest absolute Gasteiger partial charge is 0.496 e. The minimum Gasteiger partial charge on any atom is -0.496 e. The van der Waals surface area contributed by atoms with Crippen LogP contribution in [-0.2, 0) is 4.74 Å². The summed E-state index contributed by atoms with van der Waals surface area (Å²) in [5.74, 6) is 0.468. The fourth-order valence-electron chi connectivity index (χ4n) is 2.83. The van der Waals surface area contributed by atoms with Gasteiger partial charge in [-0.15, -0.1) is 0 Å². The quantitative estimate of drug-likeness (QED) is 0.630. The smallest absolute Gasteiger partial charge is 0.283 e. The van der Waals surface area contributed by atoms with E-state index < -0.39 is 0 Å². The van der Waals surface area contributed by atoms with Crippen molar-refractivity contribution in [2.75, 3.05) is 38.3 Å². The Morgan fingerprint density at radius 3 is 2.78 bits per heavy atom. The molecule has 7 nitrogen and oxygen atoms in total. The molecular weight excluding hydrogens is 364 g/mol. The summed E-state index contributed by atoms with van der Waals surface area (Å²) in [6.07, 6.45) is 0. The van der Waals surface area contributed by atoms with Crippen LogP contribution in [0.15, 0.2) is 23.3 Å². The molecule has 3 rings (SSSR count). The second-order valence-corrected chi connectivity index (χ2v) is 7.33. The Morgan fingerprint density at radius 1 is 1.33 bits per heavy atom. The first kappa shape index (κ1) is 19.3. The van der Waals surface area contributed by atoms with Gasteiger partial charge in [0.15, 0.2) is 5.13 Å². The highest BCUT2D eigenvalue weighted by atomic mass is 32.1. The van der Waals surface area contributed by atoms with Gasteiger partial charge in [0.1, 0.15) is 10.6 Å². The number of methoxy groups -OCH3 is 1. The van der Waals surface area contributed by atoms with Crippen molar-refractivity contribution < 1.29 is 14.3 Å². The van der Waals surface area contributed by atoms with E-state index in [0.717, 1.165) is 35.1 Å². The molecule has 0 aliphatic carbocycles. The van der Waals surface area contributed by atoms with Crippen molar-refractivity contribution in [3.8, 4) is 5.75 Å². The third kappa shape index (κ3) is 4.45. The third-order valence-electron chi connectivity index (χ3n) is 4.34. The number of benzene rings is 1. The zero-order valence-corrected chi connectivity index (χ0v) is 16.9. The van der Waals surface area contributed by atoms with Crippen molar-refractivity contribution in [2.24, 2.45) is 5.10 Å². The maximum Gasteiger partial charge on any atom is 0.283 e. The maximum atomic E-state index is 12.6. The number of anilines is 1. The molecule has 2 heterocycles. The van der Waals surface area contributed by atoms with Crippen LogP contribution in [0.1, 0.15) is 33.4 Å². The van der Waals surface area contributed by atoms with Gasteiger partial charge in [-0.25, -0.2) is 10.4 Å². The summed E-state index contributed by atoms with van der Waals surface area (Å²) in [7, 11) is 1.62. The summed E-state index contributed by atoms with van der Waals surface area (Å²) in [4.78, 5) is 19.9. The lowest BCUT2D eigenvalue weighted by atomic mass is 10.1. The molecule has 27 heavy (non-hydrogen) atoms. The number of ether oxygens (including phenoxy) is 2. The Bertz CT molecular complexity index is 857. The van der Waals surface area contributed by atoms with E-state index in [4.69, 9.17) is 9.47 Å². The van der Waals surface area contributed by atoms with Crippen LogP contribution < -0.4 is 15.1 Å². The lowest BCUT2D eigenvalue weighted by Gasteiger charge is -2.25. The number of nitrogens with one attached hydrogen (secondary N) is 1. The van der Waals surface area contributed by atoms with Gasteiger partial charge >= 0.3 is 0 Å². The van der Waals surface area contributed by atoms with Crippen molar-refractivity contribution in [1.82, 2.24) is 10.4 Å². The van der Waals surface area contributed by atoms with Crippen LogP contribution in [0, 0.1) is 13.8 Å². The molecule has 0 saturated carbocycles. The molecule has 0 bridgehead atoms. The van der Waals surface area contributed by atoms with E-state index in [0.29, 0.717) is 29.5 Å². The van der Waals surface area contributed by atoms with Gasteiger partial charge in [-0.1, -0.05) is 23.0 Å². The SMILES string of the molecule is COc1ccc(C)cc1/C(C)=N\NC(=O)c1sc(N2CCOCC2)nc1C. The molecule has 2 aromatic rings. The van der Waals surface area contributed by atoms with Crippen LogP contribution in [0.5, 0.6) is 5.75 Å². The highest BCUT2D eigenvalue weighted by Gasteiger charge is 2.20. The molecule has 0 spiro atoms. The number of hydrazone groups is 1. The predicted molar refractivity (Wildman–Crippen MR) is 107 cm³/mol. The van der Waals surface area contributed by atoms with Crippen LogP contribution in [0.3, 0.4) is 0 Å². The van der Waals surface area contributed by atoms with Crippen molar-refractivity contribution in [2.45, 2.75) is 20.8 Å². The van der Waals surface area contributed by atoms with Crippen molar-refractivity contribution >= 4 is 28.1 Å². The highest BCUT2D eigenvalue weighted by Crippen LogP contribution is 2.27. The standard InChI is InChI=1S/C19H24N4O3S/c1-12-5-6-16(25-4)15(11-12)13(2)21-22-18(24)17-14(3)20-19(27-17)23-7-9-26-10-8-23/h5-6,11H,7-10H2,1-4H3,(H,22,24)/b21-13-. The second kappa shape index (κ2) is 8.49. The van der Waals surface area contributed by atoms with Crippen molar-refractivity contribution in [1.29, 1.82) is 0 Å². The molecule has 1 aliphatic rings. The summed E-state index contributed by atoms with van der Waals surface area (Å²) in [5.41, 5.74) is 5.99. The summed E-state index contributed by atoms with van der Waals surface area (Å²) < 4.78 is 10.8. The fourth-order valence-corrected chi connectivity index (χ4v) is 3.84. The first-order chi connectivity index (χ1) is 13.0. The van der Waals surface area contributed by atoms with Crippen LogP contribution >= 0.6 is 11.3 Å². The molecule has 1 aromatic carbocycles. The lowest BCUT2D eigenvalue weighted by Crippen LogP contribution is -2.36. The Labute approximate surface area is 163 Å². The lowest BCUT2D eigenvalue weighted by molar-refractivity contribution is 0.0958. The van der Waals surface area contributed by atoms with E-state index in [1.165, 1.54) is 11.3 Å². The number of carbonyl (C=O) groups is 1. The average Bonchev–Trinajstić information content (AvgIpc) is 3.08. The predicted octanol–water partition coefficient (Wildman–Crippen LogP) is 2.76. The van der Waals surface area contributed by atoms with Gasteiger partial charge in [-0.3, -0.25) is 4.79 Å². The van der Waals surface area contributed by atoms with Crippen LogP contribution in [0.4, 0.5) is 5.13 Å². The number of hydrogen-bond donors (Lipinski definition) is 1. The first-order valence-electron chi connectivity index (χ1n) is 8.79. The molecule has 0 atom stereocenters. The van der Waals surface area contributed by atoms with Crippen LogP contribution in [0.2, 0.25) is 0 Å². The molecule has 1 fully saturated rings. The zero-order valence-electron chi connectivity index (χ0n) is 16.0. The minimum absolute atomic E-state index is 0.254. The van der Waals surface area contributed by atoms with Gasteiger partial charge in [-0.2, -0.15) is 5.10 Å². The fraction of sp³-hybridized carbons (Fsp3) is 0.421. The van der Waals surface area contributed by atoms with Crippen LogP contribution in [0.25, 0.3) is 0 Å². The monoisotopic (exact) mass is 388 g/mol. The van der Waals surface area contributed by atoms with E-state index in [1.807, 2.05) is 39.0 Å². The number of aryl methyl sites for hydroxylation is 2. The van der Waals surface area contributed by atoms with Gasteiger partial charge in [-0.05, 0) is 32.9 Å². The molecule has 1 aliphatic heterocycles. The number of carbonyl (C=O) groups excluding carboxylic acids is 1.